The molecule has 0 atom stereocenters. The zero-order chi connectivity index (χ0) is 13.3. The maximum absolute atomic E-state index is 13.6. The van der Waals surface area contributed by atoms with Crippen LogP contribution in [0.15, 0.2) is 6.33 Å². The third kappa shape index (κ3) is 2.09. The molecule has 0 unspecified atom stereocenters. The van der Waals surface area contributed by atoms with Crippen molar-refractivity contribution in [2.75, 3.05) is 25.1 Å². The first kappa shape index (κ1) is 12.6. The van der Waals surface area contributed by atoms with Crippen molar-refractivity contribution >= 4 is 11.8 Å². The molecule has 1 aromatic heterocycles. The summed E-state index contributed by atoms with van der Waals surface area (Å²) in [6.07, 6.45) is -2.12. The van der Waals surface area contributed by atoms with Gasteiger partial charge < -0.3 is 9.64 Å². The summed E-state index contributed by atoms with van der Waals surface area (Å²) in [7, 11) is 1.26. The minimum Gasteiger partial charge on any atom is -0.469 e. The highest BCUT2D eigenvalue weighted by Gasteiger charge is 2.36. The van der Waals surface area contributed by atoms with Crippen LogP contribution >= 0.6 is 0 Å². The minimum atomic E-state index is -3.00. The van der Waals surface area contributed by atoms with Crippen molar-refractivity contribution in [2.45, 2.75) is 6.43 Å². The maximum atomic E-state index is 13.6. The van der Waals surface area contributed by atoms with Crippen molar-refractivity contribution in [3.8, 4) is 0 Å². The number of nitrogens with zero attached hydrogens (tertiary/aromatic N) is 3. The van der Waals surface area contributed by atoms with Gasteiger partial charge in [-0.25, -0.2) is 23.1 Å². The molecule has 0 spiro atoms. The maximum Gasteiger partial charge on any atom is 0.312 e. The van der Waals surface area contributed by atoms with Crippen LogP contribution in [0.5, 0.6) is 0 Å². The molecule has 1 aromatic rings. The molecule has 2 heterocycles. The van der Waals surface area contributed by atoms with Gasteiger partial charge in [-0.3, -0.25) is 4.79 Å². The number of ether oxygens (including phenoxy) is 1. The number of carbonyl (C=O) groups is 1. The normalized spacial score (nSPS) is 15.7. The van der Waals surface area contributed by atoms with Crippen molar-refractivity contribution in [3.05, 3.63) is 17.8 Å². The summed E-state index contributed by atoms with van der Waals surface area (Å²) in [6, 6.07) is 0. The second-order valence-corrected chi connectivity index (χ2v) is 3.82. The van der Waals surface area contributed by atoms with E-state index in [-0.39, 0.29) is 24.8 Å². The summed E-state index contributed by atoms with van der Waals surface area (Å²) in [6.45, 7) is 0.395. The van der Waals surface area contributed by atoms with Crippen LogP contribution in [0.4, 0.5) is 19.0 Å². The van der Waals surface area contributed by atoms with Crippen molar-refractivity contribution in [1.29, 1.82) is 0 Å². The lowest BCUT2D eigenvalue weighted by Crippen LogP contribution is -2.51. The van der Waals surface area contributed by atoms with E-state index in [1.165, 1.54) is 12.0 Å². The molecule has 8 heteroatoms. The average molecular weight is 261 g/mol. The predicted molar refractivity (Wildman–Crippen MR) is 54.7 cm³/mol. The number of anilines is 1. The second kappa shape index (κ2) is 4.79. The van der Waals surface area contributed by atoms with E-state index in [9.17, 15) is 18.0 Å². The number of alkyl halides is 2. The molecule has 0 radical (unpaired) electrons. The van der Waals surface area contributed by atoms with Crippen LogP contribution in [0.2, 0.25) is 0 Å². The largest absolute Gasteiger partial charge is 0.469 e. The van der Waals surface area contributed by atoms with E-state index in [2.05, 4.69) is 14.7 Å². The van der Waals surface area contributed by atoms with Gasteiger partial charge in [-0.1, -0.05) is 0 Å². The summed E-state index contributed by atoms with van der Waals surface area (Å²) in [4.78, 5) is 19.3. The predicted octanol–water partition coefficient (Wildman–Crippen LogP) is 1.16. The van der Waals surface area contributed by atoms with Gasteiger partial charge in [0.1, 0.15) is 12.0 Å². The Bertz CT molecular complexity index is 464. The Morgan fingerprint density at radius 2 is 2.17 bits per heavy atom. The molecule has 2 rings (SSSR count). The molecule has 5 nitrogen and oxygen atoms in total. The van der Waals surface area contributed by atoms with Crippen LogP contribution < -0.4 is 4.90 Å². The molecule has 1 aliphatic heterocycles. The average Bonchev–Trinajstić information content (AvgIpc) is 2.28. The van der Waals surface area contributed by atoms with Crippen molar-refractivity contribution in [2.24, 2.45) is 5.92 Å². The van der Waals surface area contributed by atoms with Gasteiger partial charge >= 0.3 is 5.97 Å². The fraction of sp³-hybridized carbons (Fsp3) is 0.500. The highest BCUT2D eigenvalue weighted by Crippen LogP contribution is 2.29. The highest BCUT2D eigenvalue weighted by molar-refractivity contribution is 5.76. The van der Waals surface area contributed by atoms with Crippen LogP contribution in [0.3, 0.4) is 0 Å². The topological polar surface area (TPSA) is 55.3 Å². The Labute approximate surface area is 101 Å². The van der Waals surface area contributed by atoms with E-state index in [1.54, 1.807) is 0 Å². The lowest BCUT2D eigenvalue weighted by molar-refractivity contribution is -0.146. The zero-order valence-corrected chi connectivity index (χ0v) is 9.44. The lowest BCUT2D eigenvalue weighted by Gasteiger charge is -2.38. The number of hydrogen-bond donors (Lipinski definition) is 0. The number of aromatic nitrogens is 2. The third-order valence-electron chi connectivity index (χ3n) is 2.72. The van der Waals surface area contributed by atoms with Crippen molar-refractivity contribution in [3.63, 3.8) is 0 Å². The third-order valence-corrected chi connectivity index (χ3v) is 2.72. The smallest absolute Gasteiger partial charge is 0.312 e. The van der Waals surface area contributed by atoms with E-state index < -0.39 is 23.9 Å². The van der Waals surface area contributed by atoms with Crippen molar-refractivity contribution < 1.29 is 22.7 Å². The first-order valence-corrected chi connectivity index (χ1v) is 5.16. The molecule has 1 saturated heterocycles. The molecular formula is C10H10F3N3O2. The Balaban J connectivity index is 2.12. The second-order valence-electron chi connectivity index (χ2n) is 3.82. The Morgan fingerprint density at radius 1 is 1.50 bits per heavy atom. The number of rotatable bonds is 3. The van der Waals surface area contributed by atoms with Crippen LogP contribution in [0.25, 0.3) is 0 Å². The van der Waals surface area contributed by atoms with Gasteiger partial charge in [0.05, 0.1) is 13.0 Å². The summed E-state index contributed by atoms with van der Waals surface area (Å²) in [5, 5.41) is 0. The van der Waals surface area contributed by atoms with Crippen LogP contribution in [-0.4, -0.2) is 36.1 Å². The molecular weight excluding hydrogens is 251 g/mol. The van der Waals surface area contributed by atoms with E-state index in [4.69, 9.17) is 0 Å². The van der Waals surface area contributed by atoms with Gasteiger partial charge in [-0.2, -0.15) is 0 Å². The fourth-order valence-electron chi connectivity index (χ4n) is 1.71. The quantitative estimate of drug-likeness (QED) is 0.764. The summed E-state index contributed by atoms with van der Waals surface area (Å²) >= 11 is 0. The number of esters is 1. The van der Waals surface area contributed by atoms with Crippen molar-refractivity contribution in [1.82, 2.24) is 9.97 Å². The first-order chi connectivity index (χ1) is 8.54. The molecule has 0 bridgehead atoms. The number of methoxy groups -OCH3 is 1. The number of halogens is 3. The molecule has 18 heavy (non-hydrogen) atoms. The van der Waals surface area contributed by atoms with E-state index in [0.717, 1.165) is 6.33 Å². The van der Waals surface area contributed by atoms with Gasteiger partial charge in [0.15, 0.2) is 11.6 Å². The van der Waals surface area contributed by atoms with E-state index in [1.807, 2.05) is 0 Å². The van der Waals surface area contributed by atoms with Crippen LogP contribution in [0.1, 0.15) is 12.1 Å². The molecule has 1 aliphatic rings. The summed E-state index contributed by atoms with van der Waals surface area (Å²) in [5.74, 6) is -2.13. The van der Waals surface area contributed by atoms with Crippen LogP contribution in [0, 0.1) is 11.7 Å². The number of hydrogen-bond acceptors (Lipinski definition) is 5. The first-order valence-electron chi connectivity index (χ1n) is 5.16. The monoisotopic (exact) mass is 261 g/mol. The van der Waals surface area contributed by atoms with Gasteiger partial charge in [0.25, 0.3) is 6.43 Å². The molecule has 0 aliphatic carbocycles. The molecule has 98 valence electrons. The minimum absolute atomic E-state index is 0.198. The molecule has 0 saturated carbocycles. The fourth-order valence-corrected chi connectivity index (χ4v) is 1.71. The molecule has 0 amide bonds. The summed E-state index contributed by atoms with van der Waals surface area (Å²) in [5.41, 5.74) is -0.929. The Hall–Kier alpha value is -1.86. The van der Waals surface area contributed by atoms with Crippen LogP contribution in [-0.2, 0) is 9.53 Å². The molecule has 0 aromatic carbocycles. The van der Waals surface area contributed by atoms with Gasteiger partial charge in [0.2, 0.25) is 0 Å². The Kier molecular flexibility index (Phi) is 3.35. The SMILES string of the molecule is COC(=O)C1CN(c2ncnc(C(F)F)c2F)C1. The standard InChI is InChI=1S/C10H10F3N3O2/c1-18-10(17)5-2-16(3-5)9-6(11)7(8(12)13)14-4-15-9/h4-5,8H,2-3H2,1H3. The van der Waals surface area contributed by atoms with Gasteiger partial charge in [-0.05, 0) is 0 Å². The summed E-state index contributed by atoms with van der Waals surface area (Å²) < 4.78 is 43.0. The number of carbonyl (C=O) groups excluding carboxylic acids is 1. The molecule has 0 N–H and O–H groups in total. The lowest BCUT2D eigenvalue weighted by atomic mass is 10.0. The highest BCUT2D eigenvalue weighted by atomic mass is 19.3. The Morgan fingerprint density at radius 3 is 2.72 bits per heavy atom. The van der Waals surface area contributed by atoms with E-state index in [0.29, 0.717) is 0 Å². The van der Waals surface area contributed by atoms with E-state index >= 15 is 0 Å². The van der Waals surface area contributed by atoms with Gasteiger partial charge in [-0.15, -0.1) is 0 Å². The van der Waals surface area contributed by atoms with Gasteiger partial charge in [0, 0.05) is 13.1 Å². The molecule has 1 fully saturated rings. The zero-order valence-electron chi connectivity index (χ0n) is 9.44.